The lowest BCUT2D eigenvalue weighted by atomic mass is 10.2. The molecule has 0 amide bonds. The number of nitrogens with one attached hydrogen (secondary N) is 2. The second kappa shape index (κ2) is 4.62. The lowest BCUT2D eigenvalue weighted by Crippen LogP contribution is -1.97. The summed E-state index contributed by atoms with van der Waals surface area (Å²) in [5.41, 5.74) is 1.49. The van der Waals surface area contributed by atoms with E-state index >= 15 is 0 Å². The SMILES string of the molecule is C=CNc1ccc(I)cc1C(=N)Cl. The second-order valence-electron chi connectivity index (χ2n) is 2.35. The van der Waals surface area contributed by atoms with E-state index in [1.807, 2.05) is 18.2 Å². The molecule has 0 bridgehead atoms. The van der Waals surface area contributed by atoms with E-state index in [9.17, 15) is 0 Å². The molecule has 0 spiro atoms. The zero-order valence-electron chi connectivity index (χ0n) is 6.77. The third-order valence-electron chi connectivity index (χ3n) is 1.48. The Bertz CT molecular complexity index is 349. The third-order valence-corrected chi connectivity index (χ3v) is 2.35. The van der Waals surface area contributed by atoms with Gasteiger partial charge in [0.2, 0.25) is 0 Å². The molecule has 1 aromatic rings. The van der Waals surface area contributed by atoms with Crippen molar-refractivity contribution in [2.75, 3.05) is 5.32 Å². The van der Waals surface area contributed by atoms with Crippen LogP contribution in [0.15, 0.2) is 31.0 Å². The molecule has 0 saturated carbocycles. The van der Waals surface area contributed by atoms with Gasteiger partial charge < -0.3 is 5.32 Å². The van der Waals surface area contributed by atoms with Gasteiger partial charge in [0, 0.05) is 14.8 Å². The van der Waals surface area contributed by atoms with Gasteiger partial charge in [0.1, 0.15) is 5.17 Å². The molecule has 2 N–H and O–H groups in total. The van der Waals surface area contributed by atoms with Gasteiger partial charge in [-0.25, -0.2) is 0 Å². The lowest BCUT2D eigenvalue weighted by Gasteiger charge is -2.06. The maximum atomic E-state index is 7.34. The van der Waals surface area contributed by atoms with Gasteiger partial charge in [0.25, 0.3) is 0 Å². The van der Waals surface area contributed by atoms with Crippen molar-refractivity contribution in [3.05, 3.63) is 40.1 Å². The van der Waals surface area contributed by atoms with Crippen LogP contribution in [0.1, 0.15) is 5.56 Å². The first kappa shape index (κ1) is 10.5. The molecule has 0 aliphatic heterocycles. The van der Waals surface area contributed by atoms with E-state index in [-0.39, 0.29) is 5.17 Å². The first-order valence-electron chi connectivity index (χ1n) is 3.56. The first-order valence-corrected chi connectivity index (χ1v) is 5.02. The number of halogens is 2. The highest BCUT2D eigenvalue weighted by Crippen LogP contribution is 2.20. The maximum Gasteiger partial charge on any atom is 0.130 e. The van der Waals surface area contributed by atoms with Crippen LogP contribution in [0.3, 0.4) is 0 Å². The van der Waals surface area contributed by atoms with Crippen molar-refractivity contribution in [2.45, 2.75) is 0 Å². The van der Waals surface area contributed by atoms with Crippen molar-refractivity contribution in [1.29, 1.82) is 5.41 Å². The van der Waals surface area contributed by atoms with Crippen LogP contribution in [0.25, 0.3) is 0 Å². The normalized spacial score (nSPS) is 9.38. The monoisotopic (exact) mass is 306 g/mol. The number of rotatable bonds is 3. The molecule has 0 aliphatic carbocycles. The molecular weight excluding hydrogens is 298 g/mol. The van der Waals surface area contributed by atoms with E-state index in [2.05, 4.69) is 34.5 Å². The van der Waals surface area contributed by atoms with E-state index in [1.54, 1.807) is 6.20 Å². The Balaban J connectivity index is 3.17. The summed E-state index contributed by atoms with van der Waals surface area (Å²) in [6.45, 7) is 3.55. The smallest absolute Gasteiger partial charge is 0.130 e. The van der Waals surface area contributed by atoms with Gasteiger partial charge in [0.05, 0.1) is 0 Å². The van der Waals surface area contributed by atoms with E-state index in [1.165, 1.54) is 0 Å². The van der Waals surface area contributed by atoms with Crippen LogP contribution in [0.5, 0.6) is 0 Å². The predicted molar refractivity (Wildman–Crippen MR) is 65.7 cm³/mol. The topological polar surface area (TPSA) is 35.9 Å². The van der Waals surface area contributed by atoms with Crippen molar-refractivity contribution in [3.63, 3.8) is 0 Å². The molecular formula is C9H8ClIN2. The number of benzene rings is 1. The van der Waals surface area contributed by atoms with Crippen LogP contribution in [0.4, 0.5) is 5.69 Å². The molecule has 1 rings (SSSR count). The molecule has 0 aromatic heterocycles. The number of hydrogen-bond donors (Lipinski definition) is 2. The van der Waals surface area contributed by atoms with Crippen LogP contribution in [-0.4, -0.2) is 5.17 Å². The quantitative estimate of drug-likeness (QED) is 0.651. The van der Waals surface area contributed by atoms with Crippen molar-refractivity contribution in [3.8, 4) is 0 Å². The molecule has 0 atom stereocenters. The molecule has 68 valence electrons. The minimum Gasteiger partial charge on any atom is -0.362 e. The fourth-order valence-electron chi connectivity index (χ4n) is 0.934. The van der Waals surface area contributed by atoms with Crippen LogP contribution in [-0.2, 0) is 0 Å². The van der Waals surface area contributed by atoms with Crippen LogP contribution >= 0.6 is 34.2 Å². The number of anilines is 1. The van der Waals surface area contributed by atoms with Crippen LogP contribution < -0.4 is 5.32 Å². The minimum atomic E-state index is 0.0304. The summed E-state index contributed by atoms with van der Waals surface area (Å²) in [5.74, 6) is 0. The standard InChI is InChI=1S/C9H8ClIN2/c1-2-13-8-4-3-6(11)5-7(8)9(10)12/h2-5,12-13H,1H2. The van der Waals surface area contributed by atoms with Crippen molar-refractivity contribution in [1.82, 2.24) is 0 Å². The Kier molecular flexibility index (Phi) is 3.74. The van der Waals surface area contributed by atoms with Crippen molar-refractivity contribution >= 4 is 45.1 Å². The largest absolute Gasteiger partial charge is 0.362 e. The highest BCUT2D eigenvalue weighted by Gasteiger charge is 2.04. The van der Waals surface area contributed by atoms with E-state index in [4.69, 9.17) is 17.0 Å². The summed E-state index contributed by atoms with van der Waals surface area (Å²) in [5, 5.41) is 10.3. The lowest BCUT2D eigenvalue weighted by molar-refractivity contribution is 1.49. The molecule has 2 nitrogen and oxygen atoms in total. The molecule has 0 unspecified atom stereocenters. The van der Waals surface area contributed by atoms with Gasteiger partial charge in [-0.3, -0.25) is 5.41 Å². The maximum absolute atomic E-state index is 7.34. The highest BCUT2D eigenvalue weighted by atomic mass is 127. The van der Waals surface area contributed by atoms with Crippen molar-refractivity contribution in [2.24, 2.45) is 0 Å². The summed E-state index contributed by atoms with van der Waals surface area (Å²) in [4.78, 5) is 0. The summed E-state index contributed by atoms with van der Waals surface area (Å²) in [6.07, 6.45) is 1.56. The van der Waals surface area contributed by atoms with Crippen LogP contribution in [0.2, 0.25) is 0 Å². The minimum absolute atomic E-state index is 0.0304. The average Bonchev–Trinajstić information content (AvgIpc) is 2.08. The molecule has 4 heteroatoms. The van der Waals surface area contributed by atoms with E-state index in [0.29, 0.717) is 5.56 Å². The zero-order valence-corrected chi connectivity index (χ0v) is 9.69. The van der Waals surface area contributed by atoms with E-state index < -0.39 is 0 Å². The van der Waals surface area contributed by atoms with Crippen LogP contribution in [0, 0.1) is 8.98 Å². The van der Waals surface area contributed by atoms with Gasteiger partial charge in [-0.1, -0.05) is 18.2 Å². The molecule has 0 heterocycles. The Morgan fingerprint density at radius 2 is 2.31 bits per heavy atom. The highest BCUT2D eigenvalue weighted by molar-refractivity contribution is 14.1. The van der Waals surface area contributed by atoms with Gasteiger partial charge >= 0.3 is 0 Å². The zero-order chi connectivity index (χ0) is 9.84. The molecule has 0 radical (unpaired) electrons. The Labute approximate surface area is 95.6 Å². The van der Waals surface area contributed by atoms with Gasteiger partial charge in [-0.15, -0.1) is 0 Å². The summed E-state index contributed by atoms with van der Waals surface area (Å²) < 4.78 is 1.05. The molecule has 0 aliphatic rings. The van der Waals surface area contributed by atoms with Gasteiger partial charge in [0.15, 0.2) is 0 Å². The molecule has 1 aromatic carbocycles. The summed E-state index contributed by atoms with van der Waals surface area (Å²) in [6, 6.07) is 5.66. The Morgan fingerprint density at radius 3 is 2.85 bits per heavy atom. The molecule has 0 fully saturated rings. The Morgan fingerprint density at radius 1 is 1.62 bits per heavy atom. The fraction of sp³-hybridized carbons (Fsp3) is 0. The predicted octanol–water partition coefficient (Wildman–Crippen LogP) is 3.41. The van der Waals surface area contributed by atoms with Crippen molar-refractivity contribution < 1.29 is 0 Å². The fourth-order valence-corrected chi connectivity index (χ4v) is 1.58. The van der Waals surface area contributed by atoms with E-state index in [0.717, 1.165) is 9.26 Å². The Hall–Kier alpha value is -0.550. The van der Waals surface area contributed by atoms with Gasteiger partial charge in [-0.05, 0) is 47.0 Å². The number of hydrogen-bond acceptors (Lipinski definition) is 2. The average molecular weight is 307 g/mol. The summed E-state index contributed by atoms with van der Waals surface area (Å²) >= 11 is 7.80. The molecule has 0 saturated heterocycles. The summed E-state index contributed by atoms with van der Waals surface area (Å²) in [7, 11) is 0. The van der Waals surface area contributed by atoms with Gasteiger partial charge in [-0.2, -0.15) is 0 Å². The second-order valence-corrected chi connectivity index (χ2v) is 3.98. The third kappa shape index (κ3) is 2.70. The first-order chi connectivity index (χ1) is 6.15. The molecule has 13 heavy (non-hydrogen) atoms.